The van der Waals surface area contributed by atoms with Crippen LogP contribution >= 0.6 is 0 Å². The molecule has 1 aromatic rings. The third-order valence-corrected chi connectivity index (χ3v) is 1.50. The number of hydrogen-bond donors (Lipinski definition) is 2. The van der Waals surface area contributed by atoms with Crippen LogP contribution in [0.1, 0.15) is 13.8 Å². The molecular weight excluding hydrogens is 150 g/mol. The van der Waals surface area contributed by atoms with Gasteiger partial charge >= 0.3 is 0 Å². The fraction of sp³-hybridized carbons (Fsp3) is 0.400. The highest BCUT2D eigenvalue weighted by Crippen LogP contribution is 2.07. The second-order valence-electron chi connectivity index (χ2n) is 3.53. The van der Waals surface area contributed by atoms with Crippen LogP contribution in [0.25, 0.3) is 0 Å². The van der Waals surface area contributed by atoms with Gasteiger partial charge in [0, 0.05) is 12.2 Å². The molecule has 0 fully saturated rings. The van der Waals surface area contributed by atoms with E-state index in [0.29, 0.717) is 6.54 Å². The van der Waals surface area contributed by atoms with Crippen LogP contribution in [0, 0.1) is 0 Å². The molecule has 0 saturated carbocycles. The molecule has 0 radical (unpaired) electrons. The van der Waals surface area contributed by atoms with Crippen LogP contribution in [0.2, 0.25) is 0 Å². The van der Waals surface area contributed by atoms with E-state index in [0.717, 1.165) is 5.69 Å². The minimum absolute atomic E-state index is 0.566. The molecule has 2 nitrogen and oxygen atoms in total. The molecule has 1 rings (SSSR count). The SMILES string of the molecule is CC(C)(O)CNc1ccccc1. The monoisotopic (exact) mass is 165 g/mol. The van der Waals surface area contributed by atoms with Crippen molar-refractivity contribution >= 4 is 5.69 Å². The van der Waals surface area contributed by atoms with Gasteiger partial charge in [-0.1, -0.05) is 18.2 Å². The predicted octanol–water partition coefficient (Wildman–Crippen LogP) is 1.87. The normalized spacial score (nSPS) is 11.2. The molecule has 0 heterocycles. The van der Waals surface area contributed by atoms with Gasteiger partial charge in [0.2, 0.25) is 0 Å². The van der Waals surface area contributed by atoms with Crippen molar-refractivity contribution in [2.75, 3.05) is 11.9 Å². The van der Waals surface area contributed by atoms with E-state index in [1.165, 1.54) is 0 Å². The van der Waals surface area contributed by atoms with Crippen molar-refractivity contribution in [2.45, 2.75) is 19.4 Å². The minimum atomic E-state index is -0.657. The summed E-state index contributed by atoms with van der Waals surface area (Å²) in [5, 5.41) is 12.6. The van der Waals surface area contributed by atoms with E-state index in [9.17, 15) is 5.11 Å². The van der Waals surface area contributed by atoms with Crippen LogP contribution in [0.3, 0.4) is 0 Å². The number of aliphatic hydroxyl groups is 1. The van der Waals surface area contributed by atoms with Crippen molar-refractivity contribution in [1.82, 2.24) is 0 Å². The smallest absolute Gasteiger partial charge is 0.0763 e. The van der Waals surface area contributed by atoms with Gasteiger partial charge in [0.1, 0.15) is 0 Å². The summed E-state index contributed by atoms with van der Waals surface area (Å²) < 4.78 is 0. The summed E-state index contributed by atoms with van der Waals surface area (Å²) in [6, 6.07) is 9.85. The van der Waals surface area contributed by atoms with Gasteiger partial charge in [0.25, 0.3) is 0 Å². The number of benzene rings is 1. The largest absolute Gasteiger partial charge is 0.389 e. The number of nitrogens with one attached hydrogen (secondary N) is 1. The molecule has 0 atom stereocenters. The Morgan fingerprint density at radius 1 is 1.25 bits per heavy atom. The molecule has 0 aliphatic heterocycles. The van der Waals surface area contributed by atoms with Crippen molar-refractivity contribution in [3.63, 3.8) is 0 Å². The van der Waals surface area contributed by atoms with Crippen molar-refractivity contribution < 1.29 is 5.11 Å². The van der Waals surface area contributed by atoms with E-state index in [4.69, 9.17) is 0 Å². The third-order valence-electron chi connectivity index (χ3n) is 1.50. The summed E-state index contributed by atoms with van der Waals surface area (Å²) in [5.41, 5.74) is 0.384. The third kappa shape index (κ3) is 3.39. The molecule has 0 bridgehead atoms. The zero-order valence-corrected chi connectivity index (χ0v) is 7.54. The summed E-state index contributed by atoms with van der Waals surface area (Å²) in [5.74, 6) is 0. The molecule has 0 saturated heterocycles. The molecule has 2 heteroatoms. The Morgan fingerprint density at radius 2 is 1.83 bits per heavy atom. The van der Waals surface area contributed by atoms with Crippen LogP contribution in [-0.4, -0.2) is 17.3 Å². The number of hydrogen-bond acceptors (Lipinski definition) is 2. The van der Waals surface area contributed by atoms with E-state index >= 15 is 0 Å². The number of anilines is 1. The van der Waals surface area contributed by atoms with E-state index in [1.807, 2.05) is 30.3 Å². The summed E-state index contributed by atoms with van der Waals surface area (Å²) in [6.45, 7) is 4.13. The molecule has 12 heavy (non-hydrogen) atoms. The Morgan fingerprint density at radius 3 is 2.33 bits per heavy atom. The molecule has 66 valence electrons. The summed E-state index contributed by atoms with van der Waals surface area (Å²) in [4.78, 5) is 0. The number of para-hydroxylation sites is 1. The lowest BCUT2D eigenvalue weighted by Crippen LogP contribution is -2.29. The van der Waals surface area contributed by atoms with Gasteiger partial charge in [0.15, 0.2) is 0 Å². The van der Waals surface area contributed by atoms with E-state index < -0.39 is 5.60 Å². The van der Waals surface area contributed by atoms with Gasteiger partial charge in [-0.2, -0.15) is 0 Å². The average Bonchev–Trinajstić information content (AvgIpc) is 2.02. The lowest BCUT2D eigenvalue weighted by atomic mass is 10.1. The molecule has 0 aliphatic carbocycles. The highest BCUT2D eigenvalue weighted by molar-refractivity contribution is 5.42. The fourth-order valence-electron chi connectivity index (χ4n) is 0.874. The van der Waals surface area contributed by atoms with Gasteiger partial charge < -0.3 is 10.4 Å². The first-order valence-corrected chi connectivity index (χ1v) is 4.09. The molecular formula is C10H15NO. The molecule has 0 unspecified atom stereocenters. The first-order valence-electron chi connectivity index (χ1n) is 4.09. The first kappa shape index (κ1) is 9.07. The summed E-state index contributed by atoms with van der Waals surface area (Å²) in [6.07, 6.45) is 0. The van der Waals surface area contributed by atoms with Gasteiger partial charge in [-0.3, -0.25) is 0 Å². The Hall–Kier alpha value is -1.02. The second kappa shape index (κ2) is 3.59. The fourth-order valence-corrected chi connectivity index (χ4v) is 0.874. The van der Waals surface area contributed by atoms with Crippen molar-refractivity contribution in [2.24, 2.45) is 0 Å². The maximum Gasteiger partial charge on any atom is 0.0763 e. The Balaban J connectivity index is 2.44. The average molecular weight is 165 g/mol. The van der Waals surface area contributed by atoms with Gasteiger partial charge in [0.05, 0.1) is 5.60 Å². The maximum atomic E-state index is 9.42. The Labute approximate surface area is 73.2 Å². The van der Waals surface area contributed by atoms with Crippen molar-refractivity contribution in [3.8, 4) is 0 Å². The molecule has 2 N–H and O–H groups in total. The lowest BCUT2D eigenvalue weighted by Gasteiger charge is -2.18. The van der Waals surface area contributed by atoms with Crippen LogP contribution in [0.4, 0.5) is 5.69 Å². The van der Waals surface area contributed by atoms with E-state index in [-0.39, 0.29) is 0 Å². The van der Waals surface area contributed by atoms with Gasteiger partial charge in [-0.05, 0) is 26.0 Å². The minimum Gasteiger partial charge on any atom is -0.389 e. The van der Waals surface area contributed by atoms with Gasteiger partial charge in [-0.25, -0.2) is 0 Å². The van der Waals surface area contributed by atoms with Crippen LogP contribution in [0.5, 0.6) is 0 Å². The van der Waals surface area contributed by atoms with Crippen LogP contribution < -0.4 is 5.32 Å². The first-order chi connectivity index (χ1) is 5.58. The van der Waals surface area contributed by atoms with Crippen molar-refractivity contribution in [1.29, 1.82) is 0 Å². The van der Waals surface area contributed by atoms with Gasteiger partial charge in [-0.15, -0.1) is 0 Å². The standard InChI is InChI=1S/C10H15NO/c1-10(2,12)8-11-9-6-4-3-5-7-9/h3-7,11-12H,8H2,1-2H3. The van der Waals surface area contributed by atoms with E-state index in [2.05, 4.69) is 5.32 Å². The predicted molar refractivity (Wildman–Crippen MR) is 51.2 cm³/mol. The maximum absolute atomic E-state index is 9.42. The van der Waals surface area contributed by atoms with Crippen LogP contribution in [-0.2, 0) is 0 Å². The zero-order chi connectivity index (χ0) is 9.03. The molecule has 0 aromatic heterocycles. The molecule has 1 aromatic carbocycles. The Kier molecular flexibility index (Phi) is 2.71. The molecule has 0 amide bonds. The van der Waals surface area contributed by atoms with Crippen molar-refractivity contribution in [3.05, 3.63) is 30.3 Å². The number of rotatable bonds is 3. The molecule has 0 aliphatic rings. The highest BCUT2D eigenvalue weighted by Gasteiger charge is 2.10. The zero-order valence-electron chi connectivity index (χ0n) is 7.54. The lowest BCUT2D eigenvalue weighted by molar-refractivity contribution is 0.0945. The highest BCUT2D eigenvalue weighted by atomic mass is 16.3. The quantitative estimate of drug-likeness (QED) is 0.716. The van der Waals surface area contributed by atoms with Crippen LogP contribution in [0.15, 0.2) is 30.3 Å². The topological polar surface area (TPSA) is 32.3 Å². The Bertz CT molecular complexity index is 225. The molecule has 0 spiro atoms. The summed E-state index contributed by atoms with van der Waals surface area (Å²) >= 11 is 0. The summed E-state index contributed by atoms with van der Waals surface area (Å²) in [7, 11) is 0. The second-order valence-corrected chi connectivity index (χ2v) is 3.53. The van der Waals surface area contributed by atoms with E-state index in [1.54, 1.807) is 13.8 Å².